The SMILES string of the molecule is Cn1cc(C(N)CN2CC3CCC2C3)cn1. The molecule has 2 fully saturated rings. The highest BCUT2D eigenvalue weighted by Gasteiger charge is 2.38. The first-order valence-electron chi connectivity index (χ1n) is 6.20. The van der Waals surface area contributed by atoms with Crippen LogP contribution in [0.3, 0.4) is 0 Å². The van der Waals surface area contributed by atoms with Crippen molar-refractivity contribution >= 4 is 0 Å². The number of rotatable bonds is 3. The second-order valence-electron chi connectivity index (χ2n) is 5.34. The van der Waals surface area contributed by atoms with Gasteiger partial charge in [0.2, 0.25) is 0 Å². The van der Waals surface area contributed by atoms with Crippen LogP contribution in [0.1, 0.15) is 30.9 Å². The standard InChI is InChI=1S/C12H20N4/c1-15-7-10(5-14-15)12(13)8-16-6-9-2-3-11(16)4-9/h5,7,9,11-12H,2-4,6,8,13H2,1H3. The zero-order valence-electron chi connectivity index (χ0n) is 9.84. The van der Waals surface area contributed by atoms with Gasteiger partial charge >= 0.3 is 0 Å². The van der Waals surface area contributed by atoms with Crippen molar-refractivity contribution in [2.75, 3.05) is 13.1 Å². The van der Waals surface area contributed by atoms with Crippen LogP contribution in [-0.4, -0.2) is 33.8 Å². The summed E-state index contributed by atoms with van der Waals surface area (Å²) in [6, 6.07) is 0.931. The van der Waals surface area contributed by atoms with Gasteiger partial charge in [-0.05, 0) is 25.2 Å². The fourth-order valence-electron chi connectivity index (χ4n) is 3.24. The second kappa shape index (κ2) is 3.86. The van der Waals surface area contributed by atoms with Crippen molar-refractivity contribution in [2.45, 2.75) is 31.3 Å². The Bertz CT molecular complexity index is 373. The van der Waals surface area contributed by atoms with E-state index in [0.717, 1.165) is 24.1 Å². The highest BCUT2D eigenvalue weighted by molar-refractivity contribution is 5.10. The topological polar surface area (TPSA) is 47.1 Å². The number of aryl methyl sites for hydroxylation is 1. The smallest absolute Gasteiger partial charge is 0.0537 e. The Hall–Kier alpha value is -0.870. The van der Waals surface area contributed by atoms with E-state index in [1.54, 1.807) is 0 Å². The molecule has 0 amide bonds. The minimum absolute atomic E-state index is 0.119. The first-order valence-corrected chi connectivity index (χ1v) is 6.20. The monoisotopic (exact) mass is 220 g/mol. The molecule has 2 bridgehead atoms. The van der Waals surface area contributed by atoms with Crippen molar-refractivity contribution in [3.63, 3.8) is 0 Å². The normalized spacial score (nSPS) is 31.1. The van der Waals surface area contributed by atoms with Gasteiger partial charge in [0.05, 0.1) is 6.20 Å². The van der Waals surface area contributed by atoms with Crippen molar-refractivity contribution in [3.8, 4) is 0 Å². The Morgan fingerprint density at radius 2 is 2.44 bits per heavy atom. The molecule has 2 aliphatic rings. The summed E-state index contributed by atoms with van der Waals surface area (Å²) in [6.07, 6.45) is 8.13. The Morgan fingerprint density at radius 3 is 3.00 bits per heavy atom. The molecule has 0 radical (unpaired) electrons. The maximum absolute atomic E-state index is 6.22. The van der Waals surface area contributed by atoms with Gasteiger partial charge in [0.15, 0.2) is 0 Å². The highest BCUT2D eigenvalue weighted by Crippen LogP contribution is 2.37. The second-order valence-corrected chi connectivity index (χ2v) is 5.34. The molecule has 1 saturated carbocycles. The lowest BCUT2D eigenvalue weighted by Crippen LogP contribution is -2.37. The summed E-state index contributed by atoms with van der Waals surface area (Å²) in [7, 11) is 1.94. The van der Waals surface area contributed by atoms with Gasteiger partial charge in [-0.2, -0.15) is 5.10 Å². The van der Waals surface area contributed by atoms with Crippen LogP contribution in [0.4, 0.5) is 0 Å². The average molecular weight is 220 g/mol. The molecule has 2 N–H and O–H groups in total. The van der Waals surface area contributed by atoms with Crippen LogP contribution in [-0.2, 0) is 7.05 Å². The predicted octanol–water partition coefficient (Wildman–Crippen LogP) is 0.904. The average Bonchev–Trinajstić information content (AvgIpc) is 2.92. The van der Waals surface area contributed by atoms with E-state index in [9.17, 15) is 0 Å². The van der Waals surface area contributed by atoms with E-state index in [4.69, 9.17) is 5.73 Å². The van der Waals surface area contributed by atoms with Crippen molar-refractivity contribution < 1.29 is 0 Å². The fraction of sp³-hybridized carbons (Fsp3) is 0.750. The Balaban J connectivity index is 1.62. The molecule has 16 heavy (non-hydrogen) atoms. The number of nitrogens with two attached hydrogens (primary N) is 1. The lowest BCUT2D eigenvalue weighted by molar-refractivity contribution is 0.201. The Kier molecular flexibility index (Phi) is 2.48. The third-order valence-electron chi connectivity index (χ3n) is 4.11. The minimum atomic E-state index is 0.119. The summed E-state index contributed by atoms with van der Waals surface area (Å²) >= 11 is 0. The van der Waals surface area contributed by atoms with Gasteiger partial charge in [-0.3, -0.25) is 9.58 Å². The molecule has 1 saturated heterocycles. The minimum Gasteiger partial charge on any atom is -0.323 e. The van der Waals surface area contributed by atoms with Crippen LogP contribution in [0.25, 0.3) is 0 Å². The number of fused-ring (bicyclic) bond motifs is 2. The Labute approximate surface area is 96.4 Å². The van der Waals surface area contributed by atoms with Crippen LogP contribution in [0, 0.1) is 5.92 Å². The van der Waals surface area contributed by atoms with Crippen LogP contribution in [0.15, 0.2) is 12.4 Å². The largest absolute Gasteiger partial charge is 0.323 e. The summed E-state index contributed by atoms with van der Waals surface area (Å²) in [5, 5.41) is 4.18. The molecule has 88 valence electrons. The van der Waals surface area contributed by atoms with E-state index >= 15 is 0 Å². The van der Waals surface area contributed by atoms with Crippen molar-refractivity contribution in [3.05, 3.63) is 18.0 Å². The summed E-state index contributed by atoms with van der Waals surface area (Å²) in [6.45, 7) is 2.26. The van der Waals surface area contributed by atoms with Gasteiger partial charge < -0.3 is 5.73 Å². The molecule has 3 unspecified atom stereocenters. The van der Waals surface area contributed by atoms with Crippen molar-refractivity contribution in [2.24, 2.45) is 18.7 Å². The van der Waals surface area contributed by atoms with Crippen LogP contribution >= 0.6 is 0 Å². The number of hydrogen-bond donors (Lipinski definition) is 1. The van der Waals surface area contributed by atoms with Crippen molar-refractivity contribution in [1.82, 2.24) is 14.7 Å². The molecule has 1 aromatic rings. The van der Waals surface area contributed by atoms with E-state index in [1.165, 1.54) is 25.8 Å². The first-order chi connectivity index (χ1) is 7.72. The number of hydrogen-bond acceptors (Lipinski definition) is 3. The number of likely N-dealkylation sites (tertiary alicyclic amines) is 1. The van der Waals surface area contributed by atoms with E-state index in [0.29, 0.717) is 0 Å². The summed E-state index contributed by atoms with van der Waals surface area (Å²) in [5.41, 5.74) is 7.38. The molecular formula is C12H20N4. The van der Waals surface area contributed by atoms with Gasteiger partial charge in [0.1, 0.15) is 0 Å². The third-order valence-corrected chi connectivity index (χ3v) is 4.11. The lowest BCUT2D eigenvalue weighted by atomic mass is 10.1. The molecule has 1 aliphatic carbocycles. The molecular weight excluding hydrogens is 200 g/mol. The number of piperidine rings is 1. The predicted molar refractivity (Wildman–Crippen MR) is 62.8 cm³/mol. The molecule has 1 aromatic heterocycles. The van der Waals surface area contributed by atoms with Gasteiger partial charge in [0.25, 0.3) is 0 Å². The van der Waals surface area contributed by atoms with E-state index in [2.05, 4.69) is 10.00 Å². The van der Waals surface area contributed by atoms with Crippen molar-refractivity contribution in [1.29, 1.82) is 0 Å². The highest BCUT2D eigenvalue weighted by atomic mass is 15.2. The molecule has 0 aromatic carbocycles. The molecule has 4 heteroatoms. The van der Waals surface area contributed by atoms with Gasteiger partial charge in [-0.1, -0.05) is 0 Å². The molecule has 3 rings (SSSR count). The zero-order chi connectivity index (χ0) is 11.1. The maximum atomic E-state index is 6.22. The third kappa shape index (κ3) is 1.76. The molecule has 3 atom stereocenters. The zero-order valence-corrected chi connectivity index (χ0v) is 9.84. The molecule has 2 heterocycles. The lowest BCUT2D eigenvalue weighted by Gasteiger charge is -2.28. The fourth-order valence-corrected chi connectivity index (χ4v) is 3.24. The van der Waals surface area contributed by atoms with Crippen LogP contribution in [0.5, 0.6) is 0 Å². The van der Waals surface area contributed by atoms with Gasteiger partial charge in [-0.25, -0.2) is 0 Å². The van der Waals surface area contributed by atoms with E-state index in [1.807, 2.05) is 24.1 Å². The van der Waals surface area contributed by atoms with Crippen LogP contribution < -0.4 is 5.73 Å². The quantitative estimate of drug-likeness (QED) is 0.823. The Morgan fingerprint density at radius 1 is 1.56 bits per heavy atom. The first kappa shape index (κ1) is 10.3. The number of aromatic nitrogens is 2. The van der Waals surface area contributed by atoms with Gasteiger partial charge in [-0.15, -0.1) is 0 Å². The molecule has 4 nitrogen and oxygen atoms in total. The number of nitrogens with zero attached hydrogens (tertiary/aromatic N) is 3. The van der Waals surface area contributed by atoms with Crippen LogP contribution in [0.2, 0.25) is 0 Å². The maximum Gasteiger partial charge on any atom is 0.0537 e. The van der Waals surface area contributed by atoms with Gasteiger partial charge in [0, 0.05) is 44.0 Å². The summed E-state index contributed by atoms with van der Waals surface area (Å²) in [5.74, 6) is 0.950. The van der Waals surface area contributed by atoms with E-state index in [-0.39, 0.29) is 6.04 Å². The van der Waals surface area contributed by atoms with E-state index < -0.39 is 0 Å². The summed E-state index contributed by atoms with van der Waals surface area (Å²) < 4.78 is 1.82. The summed E-state index contributed by atoms with van der Waals surface area (Å²) in [4.78, 5) is 2.58. The molecule has 1 aliphatic heterocycles. The molecule has 0 spiro atoms.